The molecule has 0 heterocycles. The SMILES string of the molecule is CCC(C)COc1ccc(C(C)(C)c2cc(Cl)c(OCC(C)CCl)c(Cl)c2)cc1.CCCCOc1ccc(C(C)(C)c2cc(Cl)c(OC[C@@H](O)CS(=O)(=O)CC)c(Cl)c2)cc1.CC[C@@H](O)COc1ccc(C(C)(C)c2cc(Cl)c(OC[C@H](C)CCl)c(Cl)c2)cc1.CC[C@H](O)COc1ccc(C(C)(C)c2cc(Cl)c(OC[C@@H](C)CCl)c(Cl)c2)cc1.CC[C@H](O)COc1ccc(C(C)(C)c2cc(Cl)c(OC[C@H](C)CCl)c(Cl)c2)cc1. The van der Waals surface area contributed by atoms with Gasteiger partial charge in [-0.15, -0.1) is 46.4 Å². The van der Waals surface area contributed by atoms with Gasteiger partial charge in [0.1, 0.15) is 61.3 Å². The minimum absolute atomic E-state index is 0.0405. The van der Waals surface area contributed by atoms with E-state index in [1.165, 1.54) is 6.92 Å². The van der Waals surface area contributed by atoms with Crippen molar-refractivity contribution in [3.05, 3.63) is 288 Å². The maximum atomic E-state index is 11.7. The van der Waals surface area contributed by atoms with Crippen LogP contribution in [0.15, 0.2) is 182 Å². The van der Waals surface area contributed by atoms with E-state index in [0.29, 0.717) is 155 Å². The fourth-order valence-electron chi connectivity index (χ4n) is 14.3. The highest BCUT2D eigenvalue weighted by atomic mass is 35.5. The van der Waals surface area contributed by atoms with Crippen LogP contribution in [0, 0.1) is 29.6 Å². The number of unbranched alkanes of at least 4 members (excludes halogenated alkanes) is 1. The lowest BCUT2D eigenvalue weighted by Crippen LogP contribution is -2.28. The van der Waals surface area contributed by atoms with Gasteiger partial charge in [0.2, 0.25) is 0 Å². The summed E-state index contributed by atoms with van der Waals surface area (Å²) in [5, 5.41) is 43.4. The highest BCUT2D eigenvalue weighted by Crippen LogP contribution is 2.48. The van der Waals surface area contributed by atoms with Crippen molar-refractivity contribution in [1.82, 2.24) is 0 Å². The van der Waals surface area contributed by atoms with Crippen LogP contribution in [-0.2, 0) is 36.9 Å². The van der Waals surface area contributed by atoms with E-state index in [2.05, 4.69) is 102 Å². The Kier molecular flexibility index (Phi) is 55.9. The van der Waals surface area contributed by atoms with Gasteiger partial charge in [-0.3, -0.25) is 0 Å². The van der Waals surface area contributed by atoms with E-state index in [1.807, 2.05) is 206 Å². The Hall–Kier alpha value is -5.95. The molecule has 0 aromatic heterocycles. The lowest BCUT2D eigenvalue weighted by Gasteiger charge is -2.27. The summed E-state index contributed by atoms with van der Waals surface area (Å²) in [6.45, 7) is 46.8. The molecule has 4 N–H and O–H groups in total. The molecule has 31 heteroatoms. The number of alkyl halides is 4. The molecule has 0 spiro atoms. The number of ether oxygens (including phenoxy) is 10. The van der Waals surface area contributed by atoms with Gasteiger partial charge in [-0.25, -0.2) is 8.42 Å². The minimum Gasteiger partial charge on any atom is -0.494 e. The Balaban J connectivity index is 0.000000283. The Morgan fingerprint density at radius 3 is 0.615 bits per heavy atom. The van der Waals surface area contributed by atoms with Crippen LogP contribution in [0.3, 0.4) is 0 Å². The second-order valence-electron chi connectivity index (χ2n) is 40.2. The molecule has 9 atom stereocenters. The summed E-state index contributed by atoms with van der Waals surface area (Å²) in [6.07, 6.45) is 2.67. The highest BCUT2D eigenvalue weighted by molar-refractivity contribution is 7.91. The van der Waals surface area contributed by atoms with Crippen molar-refractivity contribution in [2.45, 2.75) is 235 Å². The molecular formula is C117H150Cl14O16S. The molecule has 0 radical (unpaired) electrons. The first-order chi connectivity index (χ1) is 69.7. The van der Waals surface area contributed by atoms with Gasteiger partial charge in [0.25, 0.3) is 0 Å². The van der Waals surface area contributed by atoms with Crippen LogP contribution in [0.4, 0.5) is 0 Å². The molecule has 148 heavy (non-hydrogen) atoms. The van der Waals surface area contributed by atoms with Crippen molar-refractivity contribution in [2.24, 2.45) is 29.6 Å². The summed E-state index contributed by atoms with van der Waals surface area (Å²) >= 11 is 88.1. The molecule has 0 saturated heterocycles. The lowest BCUT2D eigenvalue weighted by atomic mass is 9.78. The van der Waals surface area contributed by atoms with E-state index < -0.39 is 34.3 Å². The van der Waals surface area contributed by atoms with E-state index in [-0.39, 0.29) is 94.4 Å². The molecular weight excluding hydrogens is 2190 g/mol. The van der Waals surface area contributed by atoms with E-state index in [1.54, 1.807) is 12.1 Å². The number of hydrogen-bond donors (Lipinski definition) is 4. The minimum atomic E-state index is -3.31. The van der Waals surface area contributed by atoms with Gasteiger partial charge >= 0.3 is 0 Å². The van der Waals surface area contributed by atoms with Gasteiger partial charge < -0.3 is 67.8 Å². The molecule has 0 saturated carbocycles. The molecule has 818 valence electrons. The Morgan fingerprint density at radius 1 is 0.250 bits per heavy atom. The smallest absolute Gasteiger partial charge is 0.156 e. The van der Waals surface area contributed by atoms with Crippen molar-refractivity contribution >= 4 is 172 Å². The van der Waals surface area contributed by atoms with Gasteiger partial charge in [0.05, 0.1) is 114 Å². The van der Waals surface area contributed by atoms with Crippen LogP contribution in [0.2, 0.25) is 50.2 Å². The van der Waals surface area contributed by atoms with Crippen LogP contribution in [-0.4, -0.2) is 154 Å². The zero-order valence-corrected chi connectivity index (χ0v) is 100. The second kappa shape index (κ2) is 63.3. The van der Waals surface area contributed by atoms with Crippen LogP contribution in [0.1, 0.15) is 240 Å². The first-order valence-corrected chi connectivity index (χ1v) is 57.9. The van der Waals surface area contributed by atoms with Crippen LogP contribution >= 0.6 is 162 Å². The summed E-state index contributed by atoms with van der Waals surface area (Å²) in [5.74, 6) is 9.14. The highest BCUT2D eigenvalue weighted by Gasteiger charge is 2.33. The van der Waals surface area contributed by atoms with E-state index in [4.69, 9.17) is 210 Å². The molecule has 10 aromatic rings. The van der Waals surface area contributed by atoms with Crippen molar-refractivity contribution in [2.75, 3.05) is 101 Å². The summed E-state index contributed by atoms with van der Waals surface area (Å²) in [5.41, 5.74) is 8.77. The average Bonchev–Trinajstić information content (AvgIpc) is 0.800. The lowest BCUT2D eigenvalue weighted by molar-refractivity contribution is 0.104. The number of hydrogen-bond acceptors (Lipinski definition) is 16. The fraction of sp³-hybridized carbons (Fsp3) is 0.487. The number of aliphatic hydroxyl groups excluding tert-OH is 4. The third-order valence-corrected chi connectivity index (χ3v) is 32.3. The van der Waals surface area contributed by atoms with Crippen molar-refractivity contribution in [3.63, 3.8) is 0 Å². The monoisotopic (exact) mass is 2330 g/mol. The predicted octanol–water partition coefficient (Wildman–Crippen LogP) is 33.8. The van der Waals surface area contributed by atoms with Crippen molar-refractivity contribution in [1.29, 1.82) is 0 Å². The summed E-state index contributed by atoms with van der Waals surface area (Å²) < 4.78 is 80.5. The zero-order chi connectivity index (χ0) is 110. The van der Waals surface area contributed by atoms with Gasteiger partial charge in [0.15, 0.2) is 38.6 Å². The number of rotatable bonds is 52. The van der Waals surface area contributed by atoms with Gasteiger partial charge in [-0.2, -0.15) is 0 Å². The van der Waals surface area contributed by atoms with Gasteiger partial charge in [0, 0.05) is 80.0 Å². The largest absolute Gasteiger partial charge is 0.494 e. The molecule has 0 aliphatic rings. The average molecular weight is 2340 g/mol. The predicted molar refractivity (Wildman–Crippen MR) is 623 cm³/mol. The normalized spacial score (nSPS) is 13.6. The molecule has 10 aromatic carbocycles. The van der Waals surface area contributed by atoms with Crippen molar-refractivity contribution < 1.29 is 76.2 Å². The Bertz CT molecular complexity index is 5120. The molecule has 0 fully saturated rings. The topological polar surface area (TPSA) is 207 Å². The standard InChI is InChI=1S/C24H31Cl3O2.C24H32Cl2O5S.3C23H29Cl3O3/c1-6-16(2)14-28-20-9-7-18(8-10-20)24(4,5)19-11-21(26)23(22(27)12-19)29-15-17(3)13-25;1-5-7-12-30-20-10-8-17(9-11-20)24(3,4)18-13-21(25)23(22(26)14-18)31-15-19(27)16-32(28,29)6-2;3*1-5-18(27)14-28-19-8-6-16(7-9-19)23(3,4)17-10-20(25)22(21(26)11-17)29-13-15(2)12-24/h7-12,16-17H,6,13-15H2,1-5H3;8-11,13-14,19,27H,5-7,12,15-16H2,1-4H3;3*6-11,15,18,27H,5,12-14H2,1-4H3/t;19-;15-,18+;2*15-,18-/m.1110/s1. The molecule has 0 aliphatic carbocycles. The van der Waals surface area contributed by atoms with Gasteiger partial charge in [-0.1, -0.05) is 335 Å². The second-order valence-corrected chi connectivity index (χ2v) is 47.9. The summed E-state index contributed by atoms with van der Waals surface area (Å²) in [6, 6.07) is 58.6. The molecule has 16 nitrogen and oxygen atoms in total. The number of sulfone groups is 1. The first-order valence-electron chi connectivity index (χ1n) is 50.2. The third-order valence-electron chi connectivity index (χ3n) is 25.6. The number of halogens is 14. The first kappa shape index (κ1) is 131. The maximum Gasteiger partial charge on any atom is 0.156 e. The van der Waals surface area contributed by atoms with E-state index in [9.17, 15) is 28.8 Å². The Labute approximate surface area is 951 Å². The van der Waals surface area contributed by atoms with E-state index >= 15 is 0 Å². The van der Waals surface area contributed by atoms with Crippen LogP contribution in [0.25, 0.3) is 0 Å². The zero-order valence-electron chi connectivity index (χ0n) is 89.0. The summed E-state index contributed by atoms with van der Waals surface area (Å²) in [4.78, 5) is 0. The van der Waals surface area contributed by atoms with Crippen LogP contribution < -0.4 is 47.4 Å². The molecule has 10 rings (SSSR count). The molecule has 0 aliphatic heterocycles. The molecule has 0 amide bonds. The maximum absolute atomic E-state index is 11.7. The third kappa shape index (κ3) is 40.7. The Morgan fingerprint density at radius 2 is 0.432 bits per heavy atom. The molecule has 0 bridgehead atoms. The van der Waals surface area contributed by atoms with E-state index in [0.717, 1.165) is 110 Å². The van der Waals surface area contributed by atoms with Crippen LogP contribution in [0.5, 0.6) is 57.5 Å². The van der Waals surface area contributed by atoms with Gasteiger partial charge in [-0.05, 0) is 209 Å². The van der Waals surface area contributed by atoms with Crippen molar-refractivity contribution in [3.8, 4) is 57.5 Å². The fourth-order valence-corrected chi connectivity index (χ4v) is 18.6. The number of benzene rings is 10. The summed E-state index contributed by atoms with van der Waals surface area (Å²) in [7, 11) is -3.31. The quantitative estimate of drug-likeness (QED) is 0.0207. The molecule has 2 unspecified atom stereocenters. The number of aliphatic hydroxyl groups is 4.